The van der Waals surface area contributed by atoms with E-state index in [-0.39, 0.29) is 5.66 Å². The molecule has 4 aliphatic rings. The van der Waals surface area contributed by atoms with Gasteiger partial charge in [-0.3, -0.25) is 0 Å². The van der Waals surface area contributed by atoms with Crippen molar-refractivity contribution in [2.45, 2.75) is 87.7 Å². The van der Waals surface area contributed by atoms with Crippen molar-refractivity contribution in [3.63, 3.8) is 0 Å². The van der Waals surface area contributed by atoms with Crippen LogP contribution in [0, 0.1) is 69.2 Å². The molecule has 0 bridgehead atoms. The molecule has 1 aliphatic carbocycles. The monoisotopic (exact) mass is 462 g/mol. The average Bonchev–Trinajstić information content (AvgIpc) is 3.50. The summed E-state index contributed by atoms with van der Waals surface area (Å²) in [6, 6.07) is 0. The summed E-state index contributed by atoms with van der Waals surface area (Å²) in [5.41, 5.74) is 26.1. The summed E-state index contributed by atoms with van der Waals surface area (Å²) in [4.78, 5) is 0. The quantitative estimate of drug-likeness (QED) is 0.292. The minimum absolute atomic E-state index is 0.332. The fraction of sp³-hybridized carbons (Fsp3) is 0.419. The lowest BCUT2D eigenvalue weighted by atomic mass is 9.71. The summed E-state index contributed by atoms with van der Waals surface area (Å²) in [6.07, 6.45) is 2.02. The van der Waals surface area contributed by atoms with Crippen LogP contribution in [0.1, 0.15) is 89.5 Å². The largest absolute Gasteiger partial charge is 0.463 e. The normalized spacial score (nSPS) is 16.3. The maximum absolute atomic E-state index is 2.72. The molecule has 0 fully saturated rings. The highest BCUT2D eigenvalue weighted by molar-refractivity contribution is 5.73. The molecule has 4 aromatic rings. The van der Waals surface area contributed by atoms with Gasteiger partial charge in [-0.15, -0.1) is 9.36 Å². The van der Waals surface area contributed by atoms with Crippen LogP contribution in [0.2, 0.25) is 0 Å². The molecule has 35 heavy (non-hydrogen) atoms. The standard InChI is InChI=1S/C31H34N4/c1-13-15(3)23-11-24-16(4)14(2)18(6)30-28(24)31-27(23)29(17(13)5)32-21(9)19(7)25(34(31)32)12-26-20(8)22(10)33(30)35(26)31/h11-12H2,1-10H3/q+2. The van der Waals surface area contributed by atoms with E-state index in [2.05, 4.69) is 88.0 Å². The van der Waals surface area contributed by atoms with Crippen molar-refractivity contribution >= 4 is 0 Å². The number of rotatable bonds is 0. The summed E-state index contributed by atoms with van der Waals surface area (Å²) >= 11 is 0. The van der Waals surface area contributed by atoms with E-state index in [9.17, 15) is 0 Å². The van der Waals surface area contributed by atoms with Gasteiger partial charge in [-0.05, 0) is 130 Å². The molecular weight excluding hydrogens is 428 g/mol. The van der Waals surface area contributed by atoms with E-state index in [4.69, 9.17) is 0 Å². The first-order chi connectivity index (χ1) is 16.6. The first kappa shape index (κ1) is 20.1. The Bertz CT molecular complexity index is 1660. The Morgan fingerprint density at radius 3 is 1.29 bits per heavy atom. The van der Waals surface area contributed by atoms with Gasteiger partial charge in [0.25, 0.3) is 0 Å². The molecule has 1 spiro atoms. The maximum Gasteiger partial charge on any atom is 0.463 e. The Morgan fingerprint density at radius 1 is 0.486 bits per heavy atom. The third-order valence-corrected chi connectivity index (χ3v) is 10.9. The van der Waals surface area contributed by atoms with Crippen molar-refractivity contribution in [2.24, 2.45) is 0 Å². The van der Waals surface area contributed by atoms with Crippen LogP contribution in [-0.2, 0) is 18.5 Å². The van der Waals surface area contributed by atoms with Crippen LogP contribution in [0.4, 0.5) is 0 Å². The van der Waals surface area contributed by atoms with Gasteiger partial charge in [-0.2, -0.15) is 0 Å². The molecule has 8 rings (SSSR count). The number of fused-ring (bicyclic) bond motifs is 2. The predicted molar refractivity (Wildman–Crippen MR) is 136 cm³/mol. The smallest absolute Gasteiger partial charge is 0.117 e. The van der Waals surface area contributed by atoms with Crippen LogP contribution in [0.25, 0.3) is 11.4 Å². The van der Waals surface area contributed by atoms with Crippen LogP contribution in [0.15, 0.2) is 0 Å². The average molecular weight is 463 g/mol. The lowest BCUT2D eigenvalue weighted by molar-refractivity contribution is -1.03. The molecule has 0 unspecified atom stereocenters. The summed E-state index contributed by atoms with van der Waals surface area (Å²) in [6.45, 7) is 23.5. The van der Waals surface area contributed by atoms with Crippen LogP contribution in [-0.4, -0.2) is 9.36 Å². The molecule has 2 aromatic heterocycles. The Balaban J connectivity index is 1.77. The van der Waals surface area contributed by atoms with Gasteiger partial charge in [0.05, 0.1) is 11.4 Å². The first-order valence-corrected chi connectivity index (χ1v) is 13.1. The molecule has 4 nitrogen and oxygen atoms in total. The van der Waals surface area contributed by atoms with Crippen LogP contribution < -0.4 is 9.36 Å². The van der Waals surface area contributed by atoms with Crippen molar-refractivity contribution in [2.75, 3.05) is 0 Å². The SMILES string of the molecule is Cc1c(C)c2c3c(c1C)-n1c(C)c(C)c4[n+]1C31c3c(c(C)c(C)c(C)c3-n3c(C)c(C)c([n+]31)C4)C2. The van der Waals surface area contributed by atoms with E-state index in [1.54, 1.807) is 22.3 Å². The van der Waals surface area contributed by atoms with Gasteiger partial charge < -0.3 is 0 Å². The van der Waals surface area contributed by atoms with Crippen molar-refractivity contribution in [3.8, 4) is 11.4 Å². The molecule has 5 heterocycles. The highest BCUT2D eigenvalue weighted by atomic mass is 15.6. The fourth-order valence-corrected chi connectivity index (χ4v) is 8.33. The maximum atomic E-state index is 2.72. The van der Waals surface area contributed by atoms with Gasteiger partial charge in [0.2, 0.25) is 11.4 Å². The Kier molecular flexibility index (Phi) is 3.15. The van der Waals surface area contributed by atoms with Crippen LogP contribution >= 0.6 is 0 Å². The van der Waals surface area contributed by atoms with Crippen molar-refractivity contribution in [3.05, 3.63) is 89.5 Å². The van der Waals surface area contributed by atoms with E-state index in [0.29, 0.717) is 0 Å². The van der Waals surface area contributed by atoms with E-state index >= 15 is 0 Å². The molecule has 0 saturated carbocycles. The number of hydrogen-bond acceptors (Lipinski definition) is 0. The number of benzene rings is 2. The zero-order chi connectivity index (χ0) is 24.6. The van der Waals surface area contributed by atoms with Crippen molar-refractivity contribution < 1.29 is 9.36 Å². The molecule has 0 radical (unpaired) electrons. The Labute approximate surface area is 207 Å². The second-order valence-electron chi connectivity index (χ2n) is 11.7. The van der Waals surface area contributed by atoms with E-state index in [1.165, 1.54) is 78.7 Å². The molecule has 3 aliphatic heterocycles. The minimum Gasteiger partial charge on any atom is -0.117 e. The Hall–Kier alpha value is -3.14. The zero-order valence-corrected chi connectivity index (χ0v) is 22.7. The third-order valence-electron chi connectivity index (χ3n) is 10.9. The van der Waals surface area contributed by atoms with Gasteiger partial charge in [0.1, 0.15) is 28.9 Å². The van der Waals surface area contributed by atoms with Gasteiger partial charge in [-0.25, -0.2) is 0 Å². The van der Waals surface area contributed by atoms with Crippen molar-refractivity contribution in [1.29, 1.82) is 0 Å². The van der Waals surface area contributed by atoms with Crippen LogP contribution in [0.3, 0.4) is 0 Å². The second-order valence-corrected chi connectivity index (χ2v) is 11.7. The number of nitrogens with zero attached hydrogens (tertiary/aromatic N) is 4. The van der Waals surface area contributed by atoms with Gasteiger partial charge >= 0.3 is 5.66 Å². The predicted octanol–water partition coefficient (Wildman–Crippen LogP) is 4.66. The van der Waals surface area contributed by atoms with E-state index in [1.807, 2.05) is 0 Å². The topological polar surface area (TPSA) is 17.6 Å². The molecule has 0 atom stereocenters. The molecule has 0 saturated heterocycles. The lowest BCUT2D eigenvalue weighted by Crippen LogP contribution is -2.79. The second kappa shape index (κ2) is 5.48. The zero-order valence-electron chi connectivity index (χ0n) is 22.7. The highest BCUT2D eigenvalue weighted by Crippen LogP contribution is 2.55. The van der Waals surface area contributed by atoms with E-state index in [0.717, 1.165) is 12.8 Å². The van der Waals surface area contributed by atoms with Gasteiger partial charge in [0.15, 0.2) is 0 Å². The summed E-state index contributed by atoms with van der Waals surface area (Å²) in [5.74, 6) is 0. The number of hydrogen-bond donors (Lipinski definition) is 0. The Morgan fingerprint density at radius 2 is 0.886 bits per heavy atom. The van der Waals surface area contributed by atoms with E-state index < -0.39 is 0 Å². The molecular formula is C31H34N4+2. The van der Waals surface area contributed by atoms with Crippen molar-refractivity contribution in [1.82, 2.24) is 9.36 Å². The lowest BCUT2D eigenvalue weighted by Gasteiger charge is -2.29. The van der Waals surface area contributed by atoms with Crippen LogP contribution in [0.5, 0.6) is 0 Å². The molecule has 0 N–H and O–H groups in total. The summed E-state index contributed by atoms with van der Waals surface area (Å²) in [5, 5.41) is 0. The molecule has 4 heteroatoms. The summed E-state index contributed by atoms with van der Waals surface area (Å²) < 4.78 is 10.7. The summed E-state index contributed by atoms with van der Waals surface area (Å²) in [7, 11) is 0. The molecule has 2 aromatic carbocycles. The first-order valence-electron chi connectivity index (χ1n) is 13.1. The fourth-order valence-electron chi connectivity index (χ4n) is 8.33. The molecule has 176 valence electrons. The number of aromatic nitrogens is 4. The third kappa shape index (κ3) is 1.65. The highest BCUT2D eigenvalue weighted by Gasteiger charge is 2.77. The van der Waals surface area contributed by atoms with Gasteiger partial charge in [-0.1, -0.05) is 0 Å². The van der Waals surface area contributed by atoms with Gasteiger partial charge in [0, 0.05) is 11.1 Å². The minimum atomic E-state index is -0.332. The molecule has 0 amide bonds.